The standard InChI is InChI=1S/C22H21N3O3/c1-15-9-10-25-20(11-15)24-17(12-21(25)26)14-28-22(27)8-4-5-16-13-23-19-7-3-2-6-18(16)19/h2-3,6-7,9-13,23H,4-5,8,14H2,1H3. The lowest BCUT2D eigenvalue weighted by atomic mass is 10.1. The lowest BCUT2D eigenvalue weighted by molar-refractivity contribution is -0.145. The number of benzene rings is 1. The van der Waals surface area contributed by atoms with E-state index in [1.165, 1.54) is 21.4 Å². The summed E-state index contributed by atoms with van der Waals surface area (Å²) in [5.74, 6) is -0.286. The highest BCUT2D eigenvalue weighted by Crippen LogP contribution is 2.19. The van der Waals surface area contributed by atoms with Gasteiger partial charge in [0.05, 0.1) is 5.69 Å². The third-order valence-electron chi connectivity index (χ3n) is 4.76. The molecule has 4 rings (SSSR count). The van der Waals surface area contributed by atoms with E-state index in [1.807, 2.05) is 43.5 Å². The molecule has 0 unspecified atom stereocenters. The molecule has 1 aromatic carbocycles. The maximum atomic E-state index is 12.1. The summed E-state index contributed by atoms with van der Waals surface area (Å²) in [4.78, 5) is 31.9. The normalized spacial score (nSPS) is 11.2. The van der Waals surface area contributed by atoms with Gasteiger partial charge in [0.15, 0.2) is 0 Å². The van der Waals surface area contributed by atoms with Gasteiger partial charge in [-0.05, 0) is 49.1 Å². The maximum absolute atomic E-state index is 12.1. The number of para-hydroxylation sites is 1. The van der Waals surface area contributed by atoms with Crippen molar-refractivity contribution in [3.8, 4) is 0 Å². The SMILES string of the molecule is Cc1ccn2c(=O)cc(COC(=O)CCCc3c[nH]c4ccccc34)nc2c1. The summed E-state index contributed by atoms with van der Waals surface area (Å²) in [5, 5.41) is 1.19. The van der Waals surface area contributed by atoms with Gasteiger partial charge >= 0.3 is 5.97 Å². The van der Waals surface area contributed by atoms with Gasteiger partial charge < -0.3 is 9.72 Å². The van der Waals surface area contributed by atoms with E-state index >= 15 is 0 Å². The van der Waals surface area contributed by atoms with E-state index in [4.69, 9.17) is 4.74 Å². The Bertz CT molecular complexity index is 1210. The summed E-state index contributed by atoms with van der Waals surface area (Å²) >= 11 is 0. The second kappa shape index (κ2) is 7.68. The summed E-state index contributed by atoms with van der Waals surface area (Å²) in [6.45, 7) is 1.94. The molecule has 28 heavy (non-hydrogen) atoms. The van der Waals surface area contributed by atoms with Gasteiger partial charge in [-0.1, -0.05) is 18.2 Å². The van der Waals surface area contributed by atoms with Crippen LogP contribution in [0.3, 0.4) is 0 Å². The number of aromatic nitrogens is 3. The van der Waals surface area contributed by atoms with Crippen LogP contribution in [0.4, 0.5) is 0 Å². The molecule has 6 heteroatoms. The Morgan fingerprint density at radius 1 is 1.21 bits per heavy atom. The van der Waals surface area contributed by atoms with E-state index in [0.717, 1.165) is 17.5 Å². The van der Waals surface area contributed by atoms with E-state index in [0.29, 0.717) is 24.2 Å². The first kappa shape index (κ1) is 18.0. The van der Waals surface area contributed by atoms with Crippen molar-refractivity contribution in [1.29, 1.82) is 0 Å². The number of carbonyl (C=O) groups excluding carboxylic acids is 1. The molecule has 0 bridgehead atoms. The molecule has 0 aliphatic heterocycles. The number of nitrogens with one attached hydrogen (secondary N) is 1. The summed E-state index contributed by atoms with van der Waals surface area (Å²) in [6.07, 6.45) is 5.51. The highest BCUT2D eigenvalue weighted by atomic mass is 16.5. The predicted octanol–water partition coefficient (Wildman–Crippen LogP) is 3.55. The van der Waals surface area contributed by atoms with Crippen LogP contribution < -0.4 is 5.56 Å². The number of rotatable bonds is 6. The molecule has 6 nitrogen and oxygen atoms in total. The van der Waals surface area contributed by atoms with Crippen molar-refractivity contribution < 1.29 is 9.53 Å². The van der Waals surface area contributed by atoms with E-state index in [9.17, 15) is 9.59 Å². The Kier molecular flexibility index (Phi) is 4.93. The lowest BCUT2D eigenvalue weighted by Crippen LogP contribution is -2.16. The zero-order valence-electron chi connectivity index (χ0n) is 15.6. The number of aryl methyl sites for hydroxylation is 2. The van der Waals surface area contributed by atoms with Crippen molar-refractivity contribution in [1.82, 2.24) is 14.4 Å². The van der Waals surface area contributed by atoms with Crippen molar-refractivity contribution in [3.05, 3.63) is 82.0 Å². The van der Waals surface area contributed by atoms with Crippen LogP contribution in [0, 0.1) is 6.92 Å². The summed E-state index contributed by atoms with van der Waals surface area (Å²) in [5.41, 5.74) is 4.14. The number of fused-ring (bicyclic) bond motifs is 2. The molecule has 0 amide bonds. The molecule has 0 fully saturated rings. The lowest BCUT2D eigenvalue weighted by Gasteiger charge is -2.06. The fourth-order valence-corrected chi connectivity index (χ4v) is 3.32. The third kappa shape index (κ3) is 3.81. The van der Waals surface area contributed by atoms with Gasteiger partial charge in [-0.15, -0.1) is 0 Å². The molecular weight excluding hydrogens is 354 g/mol. The van der Waals surface area contributed by atoms with Gasteiger partial charge in [-0.3, -0.25) is 14.0 Å². The van der Waals surface area contributed by atoms with Crippen LogP contribution in [0.1, 0.15) is 29.7 Å². The number of hydrogen-bond acceptors (Lipinski definition) is 4. The number of H-pyrrole nitrogens is 1. The van der Waals surface area contributed by atoms with Gasteiger partial charge in [0.25, 0.3) is 5.56 Å². The predicted molar refractivity (Wildman–Crippen MR) is 107 cm³/mol. The monoisotopic (exact) mass is 375 g/mol. The van der Waals surface area contributed by atoms with Gasteiger partial charge in [-0.25, -0.2) is 4.98 Å². The zero-order valence-corrected chi connectivity index (χ0v) is 15.6. The Labute approximate surface area is 161 Å². The smallest absolute Gasteiger partial charge is 0.306 e. The van der Waals surface area contributed by atoms with Crippen LogP contribution in [-0.4, -0.2) is 20.3 Å². The van der Waals surface area contributed by atoms with Gasteiger partial charge in [0.2, 0.25) is 0 Å². The molecule has 142 valence electrons. The van der Waals surface area contributed by atoms with Gasteiger partial charge in [-0.2, -0.15) is 0 Å². The average Bonchev–Trinajstić information content (AvgIpc) is 3.09. The largest absolute Gasteiger partial charge is 0.459 e. The molecule has 0 aliphatic rings. The van der Waals surface area contributed by atoms with Crippen LogP contribution >= 0.6 is 0 Å². The number of carbonyl (C=O) groups is 1. The quantitative estimate of drug-likeness (QED) is 0.523. The fraction of sp³-hybridized carbons (Fsp3) is 0.227. The molecule has 0 saturated carbocycles. The van der Waals surface area contributed by atoms with Crippen molar-refractivity contribution in [2.45, 2.75) is 32.8 Å². The molecule has 0 aliphatic carbocycles. The third-order valence-corrected chi connectivity index (χ3v) is 4.76. The minimum Gasteiger partial charge on any atom is -0.459 e. The van der Waals surface area contributed by atoms with E-state index in [1.54, 1.807) is 6.20 Å². The van der Waals surface area contributed by atoms with E-state index in [2.05, 4.69) is 16.0 Å². The summed E-state index contributed by atoms with van der Waals surface area (Å²) < 4.78 is 6.78. The average molecular weight is 375 g/mol. The van der Waals surface area contributed by atoms with Crippen molar-refractivity contribution in [3.63, 3.8) is 0 Å². The second-order valence-electron chi connectivity index (χ2n) is 6.89. The number of aromatic amines is 1. The van der Waals surface area contributed by atoms with E-state index in [-0.39, 0.29) is 18.1 Å². The highest BCUT2D eigenvalue weighted by Gasteiger charge is 2.09. The summed E-state index contributed by atoms with van der Waals surface area (Å²) in [7, 11) is 0. The molecule has 3 aromatic heterocycles. The van der Waals surface area contributed by atoms with Crippen LogP contribution in [0.25, 0.3) is 16.6 Å². The minimum absolute atomic E-state index is 0.00556. The van der Waals surface area contributed by atoms with Crippen molar-refractivity contribution in [2.24, 2.45) is 0 Å². The second-order valence-corrected chi connectivity index (χ2v) is 6.89. The van der Waals surface area contributed by atoms with Gasteiger partial charge in [0.1, 0.15) is 12.3 Å². The zero-order chi connectivity index (χ0) is 19.5. The number of hydrogen-bond donors (Lipinski definition) is 1. The Balaban J connectivity index is 1.33. The number of nitrogens with zero attached hydrogens (tertiary/aromatic N) is 2. The highest BCUT2D eigenvalue weighted by molar-refractivity contribution is 5.83. The van der Waals surface area contributed by atoms with Gasteiger partial charge in [0, 0.05) is 35.8 Å². The van der Waals surface area contributed by atoms with Crippen LogP contribution in [0.15, 0.2) is 59.7 Å². The molecule has 0 radical (unpaired) electrons. The molecule has 0 saturated heterocycles. The molecule has 0 atom stereocenters. The van der Waals surface area contributed by atoms with Crippen molar-refractivity contribution >= 4 is 22.5 Å². The van der Waals surface area contributed by atoms with E-state index < -0.39 is 0 Å². The first-order chi connectivity index (χ1) is 13.6. The minimum atomic E-state index is -0.286. The Morgan fingerprint density at radius 2 is 2.07 bits per heavy atom. The number of pyridine rings is 1. The van der Waals surface area contributed by atoms with Crippen LogP contribution in [0.2, 0.25) is 0 Å². The van der Waals surface area contributed by atoms with Crippen LogP contribution in [-0.2, 0) is 22.6 Å². The van der Waals surface area contributed by atoms with Crippen LogP contribution in [0.5, 0.6) is 0 Å². The summed E-state index contributed by atoms with van der Waals surface area (Å²) in [6, 6.07) is 13.2. The molecule has 0 spiro atoms. The van der Waals surface area contributed by atoms with Crippen molar-refractivity contribution in [2.75, 3.05) is 0 Å². The molecule has 4 aromatic rings. The number of ether oxygens (including phenoxy) is 1. The Hall–Kier alpha value is -3.41. The Morgan fingerprint density at radius 3 is 2.96 bits per heavy atom. The molecular formula is C22H21N3O3. The maximum Gasteiger partial charge on any atom is 0.306 e. The molecule has 3 heterocycles. The topological polar surface area (TPSA) is 76.5 Å². The number of esters is 1. The first-order valence-corrected chi connectivity index (χ1v) is 9.30. The molecule has 1 N–H and O–H groups in total. The first-order valence-electron chi connectivity index (χ1n) is 9.30. The fourth-order valence-electron chi connectivity index (χ4n) is 3.32.